The Morgan fingerprint density at radius 2 is 1.85 bits per heavy atom. The SMILES string of the molecule is CCOC(=O)N1CCN(c2nc(C)cc(Nc3cc(C)ccc3C)n2)CC1. The maximum Gasteiger partial charge on any atom is 0.409 e. The second-order valence-electron chi connectivity index (χ2n) is 6.81. The molecule has 27 heavy (non-hydrogen) atoms. The largest absolute Gasteiger partial charge is 0.450 e. The van der Waals surface area contributed by atoms with Gasteiger partial charge in [0, 0.05) is 43.6 Å². The number of amides is 1. The van der Waals surface area contributed by atoms with Crippen LogP contribution in [0.25, 0.3) is 0 Å². The number of carbonyl (C=O) groups excluding carboxylic acids is 1. The summed E-state index contributed by atoms with van der Waals surface area (Å²) in [5.74, 6) is 1.46. The maximum absolute atomic E-state index is 11.9. The van der Waals surface area contributed by atoms with Crippen molar-refractivity contribution in [1.29, 1.82) is 0 Å². The van der Waals surface area contributed by atoms with Gasteiger partial charge in [0.15, 0.2) is 0 Å². The van der Waals surface area contributed by atoms with Crippen molar-refractivity contribution in [2.24, 2.45) is 0 Å². The molecule has 1 amide bonds. The van der Waals surface area contributed by atoms with Crippen LogP contribution in [0.2, 0.25) is 0 Å². The van der Waals surface area contributed by atoms with Crippen LogP contribution >= 0.6 is 0 Å². The van der Waals surface area contributed by atoms with Crippen molar-refractivity contribution in [3.8, 4) is 0 Å². The Labute approximate surface area is 160 Å². The van der Waals surface area contributed by atoms with E-state index < -0.39 is 0 Å². The van der Waals surface area contributed by atoms with Crippen LogP contribution in [0.15, 0.2) is 24.3 Å². The normalized spacial score (nSPS) is 14.2. The van der Waals surface area contributed by atoms with E-state index in [1.54, 1.807) is 4.90 Å². The number of nitrogens with zero attached hydrogens (tertiary/aromatic N) is 4. The molecule has 0 spiro atoms. The van der Waals surface area contributed by atoms with E-state index in [1.807, 2.05) is 19.9 Å². The smallest absolute Gasteiger partial charge is 0.409 e. The first-order valence-corrected chi connectivity index (χ1v) is 9.33. The van der Waals surface area contributed by atoms with Crippen LogP contribution in [0.4, 0.5) is 22.2 Å². The second-order valence-corrected chi connectivity index (χ2v) is 6.81. The first-order valence-electron chi connectivity index (χ1n) is 9.33. The van der Waals surface area contributed by atoms with Crippen LogP contribution in [-0.2, 0) is 4.74 Å². The zero-order valence-corrected chi connectivity index (χ0v) is 16.5. The van der Waals surface area contributed by atoms with Crippen molar-refractivity contribution in [3.05, 3.63) is 41.1 Å². The van der Waals surface area contributed by atoms with Crippen molar-refractivity contribution in [2.45, 2.75) is 27.7 Å². The Morgan fingerprint density at radius 3 is 2.56 bits per heavy atom. The number of carbonyl (C=O) groups is 1. The summed E-state index contributed by atoms with van der Waals surface area (Å²) in [4.78, 5) is 25.0. The van der Waals surface area contributed by atoms with Crippen LogP contribution in [0.1, 0.15) is 23.7 Å². The molecule has 0 bridgehead atoms. The number of benzene rings is 1. The number of rotatable bonds is 4. The van der Waals surface area contributed by atoms with Crippen LogP contribution < -0.4 is 10.2 Å². The fourth-order valence-electron chi connectivity index (χ4n) is 3.07. The fraction of sp³-hybridized carbons (Fsp3) is 0.450. The highest BCUT2D eigenvalue weighted by atomic mass is 16.6. The van der Waals surface area contributed by atoms with Crippen molar-refractivity contribution in [3.63, 3.8) is 0 Å². The number of hydrogen-bond donors (Lipinski definition) is 1. The molecule has 1 aromatic heterocycles. The standard InChI is InChI=1S/C20H27N5O2/c1-5-27-20(26)25-10-8-24(9-11-25)19-21-16(4)13-18(23-19)22-17-12-14(2)6-7-15(17)3/h6-7,12-13H,5,8-11H2,1-4H3,(H,21,22,23). The highest BCUT2D eigenvalue weighted by molar-refractivity contribution is 5.68. The minimum Gasteiger partial charge on any atom is -0.450 e. The third-order valence-electron chi connectivity index (χ3n) is 4.59. The van der Waals surface area contributed by atoms with Crippen LogP contribution in [0.3, 0.4) is 0 Å². The van der Waals surface area contributed by atoms with Crippen molar-refractivity contribution in [1.82, 2.24) is 14.9 Å². The fourth-order valence-corrected chi connectivity index (χ4v) is 3.07. The van der Waals surface area contributed by atoms with E-state index in [0.29, 0.717) is 38.7 Å². The Balaban J connectivity index is 1.72. The van der Waals surface area contributed by atoms with Crippen molar-refractivity contribution in [2.75, 3.05) is 43.0 Å². The van der Waals surface area contributed by atoms with Crippen LogP contribution in [0.5, 0.6) is 0 Å². The monoisotopic (exact) mass is 369 g/mol. The highest BCUT2D eigenvalue weighted by Crippen LogP contribution is 2.23. The number of piperazine rings is 1. The Morgan fingerprint density at radius 1 is 1.11 bits per heavy atom. The average molecular weight is 369 g/mol. The number of nitrogens with one attached hydrogen (secondary N) is 1. The lowest BCUT2D eigenvalue weighted by Crippen LogP contribution is -2.49. The van der Waals surface area contributed by atoms with Gasteiger partial charge in [-0.05, 0) is 44.9 Å². The molecule has 7 heteroatoms. The molecule has 1 aliphatic rings. The van der Waals surface area contributed by atoms with Gasteiger partial charge in [-0.1, -0.05) is 12.1 Å². The summed E-state index contributed by atoms with van der Waals surface area (Å²) in [6.07, 6.45) is -0.250. The first-order chi connectivity index (χ1) is 13.0. The molecule has 144 valence electrons. The zero-order chi connectivity index (χ0) is 19.4. The summed E-state index contributed by atoms with van der Waals surface area (Å²) in [6, 6.07) is 8.26. The number of aryl methyl sites for hydroxylation is 3. The molecule has 0 saturated carbocycles. The predicted octanol–water partition coefficient (Wildman–Crippen LogP) is 3.42. The lowest BCUT2D eigenvalue weighted by Gasteiger charge is -2.34. The van der Waals surface area contributed by atoms with Gasteiger partial charge in [0.05, 0.1) is 6.61 Å². The molecule has 1 N–H and O–H groups in total. The van der Waals surface area contributed by atoms with Crippen LogP contribution in [-0.4, -0.2) is 53.7 Å². The summed E-state index contributed by atoms with van der Waals surface area (Å²) in [6.45, 7) is 10.9. The van der Waals surface area contributed by atoms with Gasteiger partial charge in [0.25, 0.3) is 0 Å². The van der Waals surface area contributed by atoms with E-state index in [0.717, 1.165) is 17.2 Å². The molecule has 0 unspecified atom stereocenters. The van der Waals surface area contributed by atoms with Gasteiger partial charge >= 0.3 is 6.09 Å². The molecule has 1 aliphatic heterocycles. The number of ether oxygens (including phenoxy) is 1. The van der Waals surface area contributed by atoms with E-state index in [9.17, 15) is 4.79 Å². The lowest BCUT2D eigenvalue weighted by atomic mass is 10.1. The van der Waals surface area contributed by atoms with Gasteiger partial charge in [-0.2, -0.15) is 4.98 Å². The molecule has 1 saturated heterocycles. The number of anilines is 3. The average Bonchev–Trinajstić information content (AvgIpc) is 2.64. The molecule has 0 atom stereocenters. The first kappa shape index (κ1) is 18.9. The van der Waals surface area contributed by atoms with Crippen molar-refractivity contribution >= 4 is 23.5 Å². The lowest BCUT2D eigenvalue weighted by molar-refractivity contribution is 0.105. The van der Waals surface area contributed by atoms with Gasteiger partial charge < -0.3 is 19.9 Å². The minimum atomic E-state index is -0.250. The third-order valence-corrected chi connectivity index (χ3v) is 4.59. The van der Waals surface area contributed by atoms with Gasteiger partial charge in [0.1, 0.15) is 5.82 Å². The molecular formula is C20H27N5O2. The minimum absolute atomic E-state index is 0.250. The summed E-state index contributed by atoms with van der Waals surface area (Å²) < 4.78 is 5.07. The van der Waals surface area contributed by atoms with Crippen molar-refractivity contribution < 1.29 is 9.53 Å². The van der Waals surface area contributed by atoms with Crippen LogP contribution in [0, 0.1) is 20.8 Å². The zero-order valence-electron chi connectivity index (χ0n) is 16.5. The Kier molecular flexibility index (Phi) is 5.78. The van der Waals surface area contributed by atoms with Gasteiger partial charge in [-0.15, -0.1) is 0 Å². The topological polar surface area (TPSA) is 70.6 Å². The van der Waals surface area contributed by atoms with Gasteiger partial charge in [-0.25, -0.2) is 9.78 Å². The Hall–Kier alpha value is -2.83. The highest BCUT2D eigenvalue weighted by Gasteiger charge is 2.23. The predicted molar refractivity (Wildman–Crippen MR) is 107 cm³/mol. The Bertz CT molecular complexity index is 816. The molecule has 1 fully saturated rings. The molecule has 2 heterocycles. The molecule has 3 rings (SSSR count). The van der Waals surface area contributed by atoms with E-state index >= 15 is 0 Å². The summed E-state index contributed by atoms with van der Waals surface area (Å²) >= 11 is 0. The molecule has 1 aromatic carbocycles. The molecule has 2 aromatic rings. The second kappa shape index (κ2) is 8.24. The van der Waals surface area contributed by atoms with E-state index in [-0.39, 0.29) is 6.09 Å². The maximum atomic E-state index is 11.9. The number of hydrogen-bond acceptors (Lipinski definition) is 6. The third kappa shape index (κ3) is 4.67. The molecule has 0 aliphatic carbocycles. The van der Waals surface area contributed by atoms with E-state index in [1.165, 1.54) is 11.1 Å². The van der Waals surface area contributed by atoms with Gasteiger partial charge in [0.2, 0.25) is 5.95 Å². The summed E-state index contributed by atoms with van der Waals surface area (Å²) in [5, 5.41) is 3.41. The quantitative estimate of drug-likeness (QED) is 0.890. The number of aromatic nitrogens is 2. The van der Waals surface area contributed by atoms with E-state index in [2.05, 4.69) is 47.2 Å². The van der Waals surface area contributed by atoms with Gasteiger partial charge in [-0.3, -0.25) is 0 Å². The molecule has 0 radical (unpaired) electrons. The summed E-state index contributed by atoms with van der Waals surface area (Å²) in [5.41, 5.74) is 4.32. The molecule has 7 nitrogen and oxygen atoms in total. The van der Waals surface area contributed by atoms with E-state index in [4.69, 9.17) is 9.72 Å². The summed E-state index contributed by atoms with van der Waals surface area (Å²) in [7, 11) is 0. The molecular weight excluding hydrogens is 342 g/mol.